The molecule has 5 nitrogen and oxygen atoms in total. The van der Waals surface area contributed by atoms with Crippen molar-refractivity contribution in [2.24, 2.45) is 5.73 Å². The number of carbonyl (C=O) groups excluding carboxylic acids is 1. The van der Waals surface area contributed by atoms with Crippen molar-refractivity contribution in [3.63, 3.8) is 0 Å². The molecule has 0 spiro atoms. The Hall–Kier alpha value is -1.69. The van der Waals surface area contributed by atoms with Crippen LogP contribution in [-0.4, -0.2) is 27.0 Å². The van der Waals surface area contributed by atoms with Gasteiger partial charge in [-0.25, -0.2) is 0 Å². The van der Waals surface area contributed by atoms with Crippen molar-refractivity contribution in [2.75, 3.05) is 0 Å². The third-order valence-electron chi connectivity index (χ3n) is 2.10. The van der Waals surface area contributed by atoms with Crippen LogP contribution in [0.4, 0.5) is 0 Å². The zero-order valence-electron chi connectivity index (χ0n) is 8.80. The first-order valence-corrected chi connectivity index (χ1v) is 5.20. The van der Waals surface area contributed by atoms with Crippen molar-refractivity contribution >= 4 is 23.1 Å². The van der Waals surface area contributed by atoms with Crippen LogP contribution in [0.5, 0.6) is 5.75 Å². The van der Waals surface area contributed by atoms with Gasteiger partial charge in [0.2, 0.25) is 0 Å². The maximum Gasteiger partial charge on any atom is 0.255 e. The minimum Gasteiger partial charge on any atom is -0.505 e. The summed E-state index contributed by atoms with van der Waals surface area (Å²) >= 11 is 4.81. The number of nitrogens with zero attached hydrogens (tertiary/aromatic N) is 1. The highest BCUT2D eigenvalue weighted by atomic mass is 32.1. The molecule has 0 fully saturated rings. The Morgan fingerprint density at radius 1 is 1.75 bits per heavy atom. The summed E-state index contributed by atoms with van der Waals surface area (Å²) in [5, 5.41) is 12.0. The Labute approximate surface area is 98.7 Å². The molecular weight excluding hydrogens is 226 g/mol. The van der Waals surface area contributed by atoms with Crippen molar-refractivity contribution < 1.29 is 9.90 Å². The average molecular weight is 239 g/mol. The molecule has 1 amide bonds. The maximum atomic E-state index is 11.7. The van der Waals surface area contributed by atoms with Gasteiger partial charge in [0.05, 0.1) is 22.8 Å². The fraction of sp³-hybridized carbons (Fsp3) is 0.300. The molecule has 1 atom stereocenters. The van der Waals surface area contributed by atoms with Gasteiger partial charge in [0.25, 0.3) is 5.91 Å². The van der Waals surface area contributed by atoms with Gasteiger partial charge in [-0.05, 0) is 12.5 Å². The van der Waals surface area contributed by atoms with E-state index in [-0.39, 0.29) is 22.3 Å². The molecule has 1 heterocycles. The summed E-state index contributed by atoms with van der Waals surface area (Å²) in [5.41, 5.74) is 5.61. The Balaban J connectivity index is 2.80. The smallest absolute Gasteiger partial charge is 0.255 e. The van der Waals surface area contributed by atoms with Crippen LogP contribution >= 0.6 is 12.2 Å². The number of nitrogens with one attached hydrogen (secondary N) is 1. The van der Waals surface area contributed by atoms with Gasteiger partial charge in [0.15, 0.2) is 0 Å². The molecule has 6 heteroatoms. The third kappa shape index (κ3) is 2.90. The van der Waals surface area contributed by atoms with E-state index in [0.717, 1.165) is 0 Å². The van der Waals surface area contributed by atoms with Crippen molar-refractivity contribution in [1.29, 1.82) is 0 Å². The lowest BCUT2D eigenvalue weighted by Crippen LogP contribution is -2.43. The fourth-order valence-corrected chi connectivity index (χ4v) is 1.41. The zero-order valence-corrected chi connectivity index (χ0v) is 9.62. The minimum absolute atomic E-state index is 0.157. The monoisotopic (exact) mass is 239 g/mol. The molecule has 1 aromatic rings. The number of carbonyl (C=O) groups is 1. The molecule has 16 heavy (non-hydrogen) atoms. The number of rotatable bonds is 4. The van der Waals surface area contributed by atoms with E-state index < -0.39 is 5.91 Å². The van der Waals surface area contributed by atoms with E-state index in [4.69, 9.17) is 18.0 Å². The van der Waals surface area contributed by atoms with Gasteiger partial charge in [-0.15, -0.1) is 0 Å². The minimum atomic E-state index is -0.417. The molecule has 0 saturated carbocycles. The van der Waals surface area contributed by atoms with Crippen molar-refractivity contribution in [2.45, 2.75) is 19.4 Å². The normalized spacial score (nSPS) is 11.8. The van der Waals surface area contributed by atoms with Crippen LogP contribution < -0.4 is 11.1 Å². The second kappa shape index (κ2) is 5.41. The van der Waals surface area contributed by atoms with Gasteiger partial charge in [0, 0.05) is 6.20 Å². The SMILES string of the molecule is CCC(NC(=O)c1ccncc1O)C(N)=S. The average Bonchev–Trinajstić information content (AvgIpc) is 2.25. The van der Waals surface area contributed by atoms with Gasteiger partial charge in [-0.1, -0.05) is 19.1 Å². The lowest BCUT2D eigenvalue weighted by molar-refractivity contribution is 0.0943. The van der Waals surface area contributed by atoms with E-state index >= 15 is 0 Å². The second-order valence-corrected chi connectivity index (χ2v) is 3.70. The predicted octanol–water partition coefficient (Wildman–Crippen LogP) is 0.582. The van der Waals surface area contributed by atoms with Crippen molar-refractivity contribution in [1.82, 2.24) is 10.3 Å². The van der Waals surface area contributed by atoms with Crippen LogP contribution in [0.3, 0.4) is 0 Å². The molecule has 0 radical (unpaired) electrons. The molecule has 0 aliphatic heterocycles. The third-order valence-corrected chi connectivity index (χ3v) is 2.39. The Morgan fingerprint density at radius 2 is 2.44 bits per heavy atom. The van der Waals surface area contributed by atoms with E-state index in [0.29, 0.717) is 6.42 Å². The highest BCUT2D eigenvalue weighted by molar-refractivity contribution is 7.80. The summed E-state index contributed by atoms with van der Waals surface area (Å²) in [7, 11) is 0. The lowest BCUT2D eigenvalue weighted by Gasteiger charge is -2.15. The van der Waals surface area contributed by atoms with Gasteiger partial charge in [0.1, 0.15) is 5.75 Å². The Kier molecular flexibility index (Phi) is 4.19. The van der Waals surface area contributed by atoms with Gasteiger partial charge in [-0.2, -0.15) is 0 Å². The molecule has 0 aliphatic carbocycles. The topological polar surface area (TPSA) is 88.2 Å². The quantitative estimate of drug-likeness (QED) is 0.669. The summed E-state index contributed by atoms with van der Waals surface area (Å²) in [6.07, 6.45) is 3.24. The Morgan fingerprint density at radius 3 is 2.94 bits per heavy atom. The maximum absolute atomic E-state index is 11.7. The van der Waals surface area contributed by atoms with Crippen LogP contribution in [0.25, 0.3) is 0 Å². The zero-order chi connectivity index (χ0) is 12.1. The highest BCUT2D eigenvalue weighted by Gasteiger charge is 2.16. The van der Waals surface area contributed by atoms with Gasteiger partial charge in [-0.3, -0.25) is 9.78 Å². The summed E-state index contributed by atoms with van der Waals surface area (Å²) in [4.78, 5) is 15.6. The molecule has 4 N–H and O–H groups in total. The largest absolute Gasteiger partial charge is 0.505 e. The lowest BCUT2D eigenvalue weighted by atomic mass is 10.2. The summed E-state index contributed by atoms with van der Waals surface area (Å²) in [5.74, 6) is -0.586. The molecular formula is C10H13N3O2S. The fourth-order valence-electron chi connectivity index (χ4n) is 1.19. The molecule has 1 rings (SSSR count). The summed E-state index contributed by atoms with van der Waals surface area (Å²) in [6.45, 7) is 1.86. The molecule has 0 saturated heterocycles. The van der Waals surface area contributed by atoms with E-state index in [1.165, 1.54) is 18.5 Å². The van der Waals surface area contributed by atoms with Crippen LogP contribution in [0.1, 0.15) is 23.7 Å². The summed E-state index contributed by atoms with van der Waals surface area (Å²) in [6, 6.07) is 1.06. The second-order valence-electron chi connectivity index (χ2n) is 3.23. The number of nitrogens with two attached hydrogens (primary N) is 1. The van der Waals surface area contributed by atoms with E-state index in [1.54, 1.807) is 0 Å². The number of pyridine rings is 1. The molecule has 1 aromatic heterocycles. The van der Waals surface area contributed by atoms with Crippen molar-refractivity contribution in [3.8, 4) is 5.75 Å². The van der Waals surface area contributed by atoms with E-state index in [9.17, 15) is 9.90 Å². The van der Waals surface area contributed by atoms with Gasteiger partial charge >= 0.3 is 0 Å². The molecule has 0 bridgehead atoms. The molecule has 0 aromatic carbocycles. The van der Waals surface area contributed by atoms with Crippen LogP contribution in [-0.2, 0) is 0 Å². The van der Waals surface area contributed by atoms with E-state index in [1.807, 2.05) is 6.92 Å². The summed E-state index contributed by atoms with van der Waals surface area (Å²) < 4.78 is 0. The van der Waals surface area contributed by atoms with Crippen LogP contribution in [0.15, 0.2) is 18.5 Å². The number of hydrogen-bond donors (Lipinski definition) is 3. The van der Waals surface area contributed by atoms with E-state index in [2.05, 4.69) is 10.3 Å². The molecule has 1 unspecified atom stereocenters. The number of aromatic hydroxyl groups is 1. The Bertz CT molecular complexity index is 409. The highest BCUT2D eigenvalue weighted by Crippen LogP contribution is 2.13. The standard InChI is InChI=1S/C10H13N3O2S/c1-2-7(9(11)16)13-10(15)6-3-4-12-5-8(6)14/h3-5,7,14H,2H2,1H3,(H2,11,16)(H,13,15). The first kappa shape index (κ1) is 12.4. The number of thiocarbonyl (C=S) groups is 1. The first-order valence-electron chi connectivity index (χ1n) is 4.79. The predicted molar refractivity (Wildman–Crippen MR) is 64.2 cm³/mol. The van der Waals surface area contributed by atoms with Crippen LogP contribution in [0, 0.1) is 0 Å². The molecule has 0 aliphatic rings. The van der Waals surface area contributed by atoms with Gasteiger partial charge < -0.3 is 16.2 Å². The first-order chi connectivity index (χ1) is 7.56. The molecule has 86 valence electrons. The van der Waals surface area contributed by atoms with Crippen molar-refractivity contribution in [3.05, 3.63) is 24.0 Å². The number of amides is 1. The number of hydrogen-bond acceptors (Lipinski definition) is 4. The van der Waals surface area contributed by atoms with Crippen LogP contribution in [0.2, 0.25) is 0 Å². The number of aromatic nitrogens is 1.